The van der Waals surface area contributed by atoms with E-state index in [1.54, 1.807) is 12.4 Å². The van der Waals surface area contributed by atoms with Crippen LogP contribution in [0.4, 0.5) is 0 Å². The molecule has 2 rings (SSSR count). The van der Waals surface area contributed by atoms with Crippen molar-refractivity contribution < 1.29 is 4.74 Å². The standard InChI is InChI=1S/C12H11BrClN3O/c1-7(2)10-11(14)16-6-17-12(10)18-9-3-8(13)4-15-5-9/h3-7H,1-2H3. The highest BCUT2D eigenvalue weighted by molar-refractivity contribution is 9.10. The lowest BCUT2D eigenvalue weighted by atomic mass is 10.1. The number of aromatic nitrogens is 3. The summed E-state index contributed by atoms with van der Waals surface area (Å²) in [6.07, 6.45) is 4.68. The fraction of sp³-hybridized carbons (Fsp3) is 0.250. The molecule has 0 spiro atoms. The lowest BCUT2D eigenvalue weighted by molar-refractivity contribution is 0.449. The van der Waals surface area contributed by atoms with E-state index in [4.69, 9.17) is 16.3 Å². The summed E-state index contributed by atoms with van der Waals surface area (Å²) in [5, 5.41) is 0.415. The van der Waals surface area contributed by atoms with E-state index >= 15 is 0 Å². The van der Waals surface area contributed by atoms with Crippen LogP contribution in [0.5, 0.6) is 11.6 Å². The molecule has 0 atom stereocenters. The van der Waals surface area contributed by atoms with Crippen molar-refractivity contribution in [3.05, 3.63) is 40.0 Å². The van der Waals surface area contributed by atoms with E-state index in [-0.39, 0.29) is 5.92 Å². The molecule has 6 heteroatoms. The topological polar surface area (TPSA) is 47.9 Å². The van der Waals surface area contributed by atoms with Crippen LogP contribution in [-0.4, -0.2) is 15.0 Å². The lowest BCUT2D eigenvalue weighted by Crippen LogP contribution is -1.99. The molecule has 0 aliphatic rings. The first-order valence-corrected chi connectivity index (χ1v) is 6.54. The maximum atomic E-state index is 6.07. The highest BCUT2D eigenvalue weighted by atomic mass is 79.9. The van der Waals surface area contributed by atoms with E-state index in [1.807, 2.05) is 19.9 Å². The number of pyridine rings is 1. The summed E-state index contributed by atoms with van der Waals surface area (Å²) in [7, 11) is 0. The molecule has 0 aliphatic carbocycles. The molecule has 0 aliphatic heterocycles. The maximum Gasteiger partial charge on any atom is 0.227 e. The van der Waals surface area contributed by atoms with Crippen LogP contribution in [0.2, 0.25) is 5.15 Å². The number of rotatable bonds is 3. The molecule has 94 valence electrons. The van der Waals surface area contributed by atoms with Gasteiger partial charge in [-0.15, -0.1) is 0 Å². The summed E-state index contributed by atoms with van der Waals surface area (Å²) in [6.45, 7) is 4.02. The SMILES string of the molecule is CC(C)c1c(Cl)ncnc1Oc1cncc(Br)c1. The molecule has 0 radical (unpaired) electrons. The Morgan fingerprint density at radius 1 is 1.28 bits per heavy atom. The molecule has 0 fully saturated rings. The summed E-state index contributed by atoms with van der Waals surface area (Å²) in [6, 6.07) is 1.81. The van der Waals surface area contributed by atoms with Crippen LogP contribution in [-0.2, 0) is 0 Å². The van der Waals surface area contributed by atoms with Gasteiger partial charge in [-0.1, -0.05) is 25.4 Å². The molecule has 18 heavy (non-hydrogen) atoms. The molecule has 0 saturated carbocycles. The normalized spacial score (nSPS) is 10.7. The predicted octanol–water partition coefficient (Wildman–Crippen LogP) is 4.20. The van der Waals surface area contributed by atoms with Crippen molar-refractivity contribution in [1.29, 1.82) is 0 Å². The van der Waals surface area contributed by atoms with Crippen molar-refractivity contribution in [2.45, 2.75) is 19.8 Å². The van der Waals surface area contributed by atoms with Gasteiger partial charge < -0.3 is 4.74 Å². The van der Waals surface area contributed by atoms with E-state index in [1.165, 1.54) is 6.33 Å². The third kappa shape index (κ3) is 2.97. The Balaban J connectivity index is 2.37. The largest absolute Gasteiger partial charge is 0.437 e. The number of hydrogen-bond donors (Lipinski definition) is 0. The second kappa shape index (κ2) is 5.63. The second-order valence-corrected chi connectivity index (χ2v) is 5.25. The molecular weight excluding hydrogens is 318 g/mol. The molecule has 2 aromatic heterocycles. The summed E-state index contributed by atoms with van der Waals surface area (Å²) in [5.41, 5.74) is 0.791. The minimum Gasteiger partial charge on any atom is -0.437 e. The van der Waals surface area contributed by atoms with Crippen molar-refractivity contribution >= 4 is 27.5 Å². The average molecular weight is 329 g/mol. The van der Waals surface area contributed by atoms with Crippen molar-refractivity contribution in [3.63, 3.8) is 0 Å². The van der Waals surface area contributed by atoms with Gasteiger partial charge in [0.25, 0.3) is 0 Å². The fourth-order valence-corrected chi connectivity index (χ4v) is 2.17. The van der Waals surface area contributed by atoms with Gasteiger partial charge in [0.05, 0.1) is 11.8 Å². The van der Waals surface area contributed by atoms with Gasteiger partial charge in [0.15, 0.2) is 0 Å². The van der Waals surface area contributed by atoms with E-state index in [2.05, 4.69) is 30.9 Å². The smallest absolute Gasteiger partial charge is 0.227 e. The van der Waals surface area contributed by atoms with Crippen molar-refractivity contribution in [3.8, 4) is 11.6 Å². The van der Waals surface area contributed by atoms with E-state index in [0.717, 1.165) is 10.0 Å². The number of nitrogens with zero attached hydrogens (tertiary/aromatic N) is 3. The van der Waals surface area contributed by atoms with Crippen molar-refractivity contribution in [1.82, 2.24) is 15.0 Å². The molecular formula is C12H11BrClN3O. The highest BCUT2D eigenvalue weighted by Gasteiger charge is 2.15. The van der Waals surface area contributed by atoms with Crippen LogP contribution >= 0.6 is 27.5 Å². The van der Waals surface area contributed by atoms with Crippen LogP contribution in [0.25, 0.3) is 0 Å². The summed E-state index contributed by atoms with van der Waals surface area (Å²) < 4.78 is 6.54. The first-order valence-electron chi connectivity index (χ1n) is 5.36. The Morgan fingerprint density at radius 2 is 2.06 bits per heavy atom. The van der Waals surface area contributed by atoms with E-state index < -0.39 is 0 Å². The van der Waals surface area contributed by atoms with Crippen LogP contribution in [0.1, 0.15) is 25.3 Å². The van der Waals surface area contributed by atoms with E-state index in [0.29, 0.717) is 16.8 Å². The predicted molar refractivity (Wildman–Crippen MR) is 73.1 cm³/mol. The molecule has 0 amide bonds. The Hall–Kier alpha value is -1.20. The Kier molecular flexibility index (Phi) is 4.14. The monoisotopic (exact) mass is 327 g/mol. The zero-order chi connectivity index (χ0) is 13.1. The highest BCUT2D eigenvalue weighted by Crippen LogP contribution is 2.32. The molecule has 0 unspecified atom stereocenters. The van der Waals surface area contributed by atoms with Crippen LogP contribution < -0.4 is 4.74 Å². The maximum absolute atomic E-state index is 6.07. The molecule has 0 saturated heterocycles. The van der Waals surface area contributed by atoms with Crippen LogP contribution in [0.3, 0.4) is 0 Å². The zero-order valence-electron chi connectivity index (χ0n) is 9.89. The van der Waals surface area contributed by atoms with Gasteiger partial charge in [-0.3, -0.25) is 4.98 Å². The van der Waals surface area contributed by atoms with Gasteiger partial charge in [-0.2, -0.15) is 0 Å². The quantitative estimate of drug-likeness (QED) is 0.792. The summed E-state index contributed by atoms with van der Waals surface area (Å²) in [5.74, 6) is 1.24. The fourth-order valence-electron chi connectivity index (χ4n) is 1.49. The van der Waals surface area contributed by atoms with Gasteiger partial charge >= 0.3 is 0 Å². The van der Waals surface area contributed by atoms with Crippen molar-refractivity contribution in [2.75, 3.05) is 0 Å². The number of ether oxygens (including phenoxy) is 1. The second-order valence-electron chi connectivity index (χ2n) is 3.98. The number of hydrogen-bond acceptors (Lipinski definition) is 4. The average Bonchev–Trinajstić information content (AvgIpc) is 2.28. The van der Waals surface area contributed by atoms with Crippen LogP contribution in [0, 0.1) is 0 Å². The van der Waals surface area contributed by atoms with Gasteiger partial charge in [-0.05, 0) is 27.9 Å². The van der Waals surface area contributed by atoms with Gasteiger partial charge in [0, 0.05) is 10.7 Å². The van der Waals surface area contributed by atoms with Gasteiger partial charge in [0.1, 0.15) is 17.2 Å². The summed E-state index contributed by atoms with van der Waals surface area (Å²) in [4.78, 5) is 12.1. The minimum atomic E-state index is 0.175. The Labute approximate surface area is 119 Å². The molecule has 2 aromatic rings. The number of halogens is 2. The lowest BCUT2D eigenvalue weighted by Gasteiger charge is -2.12. The third-order valence-electron chi connectivity index (χ3n) is 2.27. The molecule has 2 heterocycles. The first kappa shape index (κ1) is 13.2. The summed E-state index contributed by atoms with van der Waals surface area (Å²) >= 11 is 9.40. The first-order chi connectivity index (χ1) is 8.58. The zero-order valence-corrected chi connectivity index (χ0v) is 12.2. The van der Waals surface area contributed by atoms with Gasteiger partial charge in [0.2, 0.25) is 5.88 Å². The van der Waals surface area contributed by atoms with Crippen molar-refractivity contribution in [2.24, 2.45) is 0 Å². The molecule has 0 bridgehead atoms. The Morgan fingerprint density at radius 3 is 2.72 bits per heavy atom. The third-order valence-corrected chi connectivity index (χ3v) is 3.01. The molecule has 4 nitrogen and oxygen atoms in total. The Bertz CT molecular complexity index is 563. The van der Waals surface area contributed by atoms with Gasteiger partial charge in [-0.25, -0.2) is 9.97 Å². The molecule has 0 N–H and O–H groups in total. The van der Waals surface area contributed by atoms with E-state index in [9.17, 15) is 0 Å². The molecule has 0 aromatic carbocycles. The minimum absolute atomic E-state index is 0.175. The van der Waals surface area contributed by atoms with Crippen LogP contribution in [0.15, 0.2) is 29.3 Å².